The standard InChI is InChI=1S/C21H18N2O4S/c1-11(22-21(25)26)12-3-5-13(6-4-12)17-16(27-2)8-7-15-18(17)14-9-10-28-19(14)20(24)23-15/h3-11,22H,1-2H3,(H,23,24)(H,25,26). The molecule has 0 aliphatic carbocycles. The van der Waals surface area contributed by atoms with Gasteiger partial charge in [-0.2, -0.15) is 0 Å². The molecule has 0 aliphatic rings. The van der Waals surface area contributed by atoms with Crippen molar-refractivity contribution < 1.29 is 14.6 Å². The van der Waals surface area contributed by atoms with Gasteiger partial charge in [0, 0.05) is 21.9 Å². The summed E-state index contributed by atoms with van der Waals surface area (Å²) < 4.78 is 6.29. The largest absolute Gasteiger partial charge is 0.496 e. The molecule has 0 radical (unpaired) electrons. The minimum atomic E-state index is -1.06. The summed E-state index contributed by atoms with van der Waals surface area (Å²) in [4.78, 5) is 26.2. The summed E-state index contributed by atoms with van der Waals surface area (Å²) in [6, 6.07) is 13.0. The van der Waals surface area contributed by atoms with E-state index in [1.807, 2.05) is 47.8 Å². The molecule has 2 aromatic heterocycles. The predicted octanol–water partition coefficient (Wildman–Crippen LogP) is 4.75. The van der Waals surface area contributed by atoms with E-state index < -0.39 is 6.09 Å². The summed E-state index contributed by atoms with van der Waals surface area (Å²) in [5.41, 5.74) is 3.33. The highest BCUT2D eigenvalue weighted by molar-refractivity contribution is 7.17. The first-order chi connectivity index (χ1) is 13.5. The summed E-state index contributed by atoms with van der Waals surface area (Å²) in [5, 5.41) is 15.1. The van der Waals surface area contributed by atoms with E-state index in [-0.39, 0.29) is 11.6 Å². The highest BCUT2D eigenvalue weighted by Crippen LogP contribution is 2.40. The first-order valence-electron chi connectivity index (χ1n) is 8.69. The quantitative estimate of drug-likeness (QED) is 0.466. The van der Waals surface area contributed by atoms with Crippen LogP contribution in [0.5, 0.6) is 5.75 Å². The van der Waals surface area contributed by atoms with Crippen molar-refractivity contribution in [2.24, 2.45) is 0 Å². The zero-order valence-corrected chi connectivity index (χ0v) is 16.1. The Morgan fingerprint density at radius 3 is 2.61 bits per heavy atom. The lowest BCUT2D eigenvalue weighted by molar-refractivity contribution is 0.191. The van der Waals surface area contributed by atoms with Gasteiger partial charge in [-0.1, -0.05) is 24.3 Å². The average Bonchev–Trinajstić information content (AvgIpc) is 3.17. The van der Waals surface area contributed by atoms with Crippen molar-refractivity contribution in [2.45, 2.75) is 13.0 Å². The van der Waals surface area contributed by atoms with E-state index in [2.05, 4.69) is 10.3 Å². The summed E-state index contributed by atoms with van der Waals surface area (Å²) in [7, 11) is 1.62. The van der Waals surface area contributed by atoms with Crippen LogP contribution in [0.3, 0.4) is 0 Å². The fourth-order valence-electron chi connectivity index (χ4n) is 3.49. The maximum Gasteiger partial charge on any atom is 0.405 e. The van der Waals surface area contributed by atoms with Gasteiger partial charge in [0.2, 0.25) is 0 Å². The lowest BCUT2D eigenvalue weighted by Crippen LogP contribution is -2.24. The molecule has 3 N–H and O–H groups in total. The normalized spacial score (nSPS) is 12.2. The van der Waals surface area contributed by atoms with Gasteiger partial charge >= 0.3 is 6.09 Å². The van der Waals surface area contributed by atoms with Crippen molar-refractivity contribution in [1.82, 2.24) is 10.3 Å². The SMILES string of the molecule is COc1ccc2[nH]c(=O)c3sccc3c2c1-c1ccc(C(C)NC(=O)O)cc1. The zero-order chi connectivity index (χ0) is 19.8. The highest BCUT2D eigenvalue weighted by Gasteiger charge is 2.17. The fraction of sp³-hybridized carbons (Fsp3) is 0.143. The van der Waals surface area contributed by atoms with Gasteiger partial charge in [0.15, 0.2) is 0 Å². The van der Waals surface area contributed by atoms with Crippen molar-refractivity contribution in [3.63, 3.8) is 0 Å². The minimum absolute atomic E-state index is 0.0995. The van der Waals surface area contributed by atoms with Crippen LogP contribution in [0.25, 0.3) is 32.1 Å². The van der Waals surface area contributed by atoms with Gasteiger partial charge in [-0.05, 0) is 41.6 Å². The zero-order valence-electron chi connectivity index (χ0n) is 15.3. The number of hydrogen-bond acceptors (Lipinski definition) is 4. The van der Waals surface area contributed by atoms with Crippen LogP contribution >= 0.6 is 11.3 Å². The Labute approximate surface area is 164 Å². The molecule has 1 amide bonds. The third-order valence-corrected chi connectivity index (χ3v) is 5.73. The topological polar surface area (TPSA) is 91.4 Å². The second-order valence-corrected chi connectivity index (χ2v) is 7.39. The number of ether oxygens (including phenoxy) is 1. The smallest absolute Gasteiger partial charge is 0.405 e. The third-order valence-electron chi connectivity index (χ3n) is 4.82. The number of fused-ring (bicyclic) bond motifs is 3. The second kappa shape index (κ2) is 7.01. The number of benzene rings is 2. The molecule has 1 unspecified atom stereocenters. The number of nitrogens with one attached hydrogen (secondary N) is 2. The molecule has 0 spiro atoms. The third kappa shape index (κ3) is 2.99. The number of H-pyrrole nitrogens is 1. The van der Waals surface area contributed by atoms with Crippen LogP contribution in [-0.4, -0.2) is 23.3 Å². The molecule has 0 saturated carbocycles. The lowest BCUT2D eigenvalue weighted by atomic mass is 9.95. The van der Waals surface area contributed by atoms with Gasteiger partial charge in [-0.25, -0.2) is 4.79 Å². The molecule has 7 heteroatoms. The number of aromatic nitrogens is 1. The van der Waals surface area contributed by atoms with Gasteiger partial charge in [-0.3, -0.25) is 4.79 Å². The predicted molar refractivity (Wildman–Crippen MR) is 112 cm³/mol. The molecule has 4 rings (SSSR count). The molecule has 4 aromatic rings. The monoisotopic (exact) mass is 394 g/mol. The van der Waals surface area contributed by atoms with E-state index in [0.717, 1.165) is 33.0 Å². The number of pyridine rings is 1. The number of rotatable bonds is 4. The fourth-order valence-corrected chi connectivity index (χ4v) is 4.29. The summed E-state index contributed by atoms with van der Waals surface area (Å²) in [6.45, 7) is 1.79. The van der Waals surface area contributed by atoms with Crippen molar-refractivity contribution in [2.75, 3.05) is 7.11 Å². The number of amides is 1. The Bertz CT molecular complexity index is 1240. The van der Waals surface area contributed by atoms with Crippen molar-refractivity contribution in [1.29, 1.82) is 0 Å². The number of hydrogen-bond donors (Lipinski definition) is 3. The maximum absolute atomic E-state index is 12.3. The van der Waals surface area contributed by atoms with Crippen LogP contribution in [0.4, 0.5) is 4.79 Å². The molecule has 142 valence electrons. The summed E-state index contributed by atoms with van der Waals surface area (Å²) >= 11 is 1.41. The van der Waals surface area contributed by atoms with E-state index in [0.29, 0.717) is 10.4 Å². The second-order valence-electron chi connectivity index (χ2n) is 6.48. The van der Waals surface area contributed by atoms with Crippen molar-refractivity contribution >= 4 is 38.4 Å². The highest BCUT2D eigenvalue weighted by atomic mass is 32.1. The van der Waals surface area contributed by atoms with Gasteiger partial charge < -0.3 is 20.1 Å². The van der Waals surface area contributed by atoms with Crippen LogP contribution in [0, 0.1) is 0 Å². The Kier molecular flexibility index (Phi) is 4.52. The Hall–Kier alpha value is -3.32. The maximum atomic E-state index is 12.3. The molecule has 0 saturated heterocycles. The van der Waals surface area contributed by atoms with E-state index >= 15 is 0 Å². The van der Waals surface area contributed by atoms with Gasteiger partial charge in [0.1, 0.15) is 10.4 Å². The van der Waals surface area contributed by atoms with Crippen LogP contribution < -0.4 is 15.6 Å². The molecular weight excluding hydrogens is 376 g/mol. The number of aromatic amines is 1. The van der Waals surface area contributed by atoms with Crippen LogP contribution in [-0.2, 0) is 0 Å². The summed E-state index contributed by atoms with van der Waals surface area (Å²) in [5.74, 6) is 0.705. The number of methoxy groups -OCH3 is 1. The Morgan fingerprint density at radius 2 is 1.93 bits per heavy atom. The molecule has 0 bridgehead atoms. The minimum Gasteiger partial charge on any atom is -0.496 e. The summed E-state index contributed by atoms with van der Waals surface area (Å²) in [6.07, 6.45) is -1.06. The van der Waals surface area contributed by atoms with Gasteiger partial charge in [0.25, 0.3) is 5.56 Å². The molecule has 0 fully saturated rings. The molecule has 1 atom stereocenters. The van der Waals surface area contributed by atoms with Gasteiger partial charge in [-0.15, -0.1) is 11.3 Å². The molecule has 2 aromatic carbocycles. The molecule has 6 nitrogen and oxygen atoms in total. The van der Waals surface area contributed by atoms with Crippen molar-refractivity contribution in [3.05, 3.63) is 63.8 Å². The first kappa shape index (κ1) is 18.1. The van der Waals surface area contributed by atoms with E-state index in [4.69, 9.17) is 9.84 Å². The Balaban J connectivity index is 1.94. The average molecular weight is 394 g/mol. The van der Waals surface area contributed by atoms with E-state index in [9.17, 15) is 9.59 Å². The lowest BCUT2D eigenvalue weighted by Gasteiger charge is -2.15. The van der Waals surface area contributed by atoms with Crippen LogP contribution in [0.2, 0.25) is 0 Å². The number of carbonyl (C=O) groups is 1. The van der Waals surface area contributed by atoms with E-state index in [1.165, 1.54) is 11.3 Å². The Morgan fingerprint density at radius 1 is 1.18 bits per heavy atom. The van der Waals surface area contributed by atoms with Gasteiger partial charge in [0.05, 0.1) is 13.2 Å². The number of carboxylic acid groups (broad SMARTS) is 1. The number of thiophene rings is 1. The molecular formula is C21H18N2O4S. The molecule has 2 heterocycles. The molecule has 0 aliphatic heterocycles. The van der Waals surface area contributed by atoms with Crippen LogP contribution in [0.1, 0.15) is 18.5 Å². The first-order valence-corrected chi connectivity index (χ1v) is 9.57. The van der Waals surface area contributed by atoms with E-state index in [1.54, 1.807) is 14.0 Å². The van der Waals surface area contributed by atoms with Crippen molar-refractivity contribution in [3.8, 4) is 16.9 Å². The van der Waals surface area contributed by atoms with Crippen LogP contribution in [0.15, 0.2) is 52.6 Å². The molecule has 28 heavy (non-hydrogen) atoms.